The van der Waals surface area contributed by atoms with Gasteiger partial charge in [-0.3, -0.25) is 4.79 Å². The SMILES string of the molecule is CCC(CC)NC(=O)C(C)Nc1ccccc1C(C)C. The zero-order chi connectivity index (χ0) is 15.1. The highest BCUT2D eigenvalue weighted by atomic mass is 16.2. The summed E-state index contributed by atoms with van der Waals surface area (Å²) in [4.78, 5) is 12.2. The molecule has 0 spiro atoms. The zero-order valence-electron chi connectivity index (χ0n) is 13.4. The van der Waals surface area contributed by atoms with Crippen LogP contribution in [0.4, 0.5) is 5.69 Å². The van der Waals surface area contributed by atoms with E-state index in [0.717, 1.165) is 18.5 Å². The molecule has 112 valence electrons. The maximum atomic E-state index is 12.2. The van der Waals surface area contributed by atoms with Crippen LogP contribution < -0.4 is 10.6 Å². The van der Waals surface area contributed by atoms with Gasteiger partial charge < -0.3 is 10.6 Å². The van der Waals surface area contributed by atoms with Gasteiger partial charge in [-0.2, -0.15) is 0 Å². The quantitative estimate of drug-likeness (QED) is 0.792. The molecule has 3 nitrogen and oxygen atoms in total. The second-order valence-corrected chi connectivity index (χ2v) is 5.63. The van der Waals surface area contributed by atoms with E-state index >= 15 is 0 Å². The molecule has 1 aromatic rings. The summed E-state index contributed by atoms with van der Waals surface area (Å²) in [5, 5.41) is 6.42. The number of benzene rings is 1. The van der Waals surface area contributed by atoms with Gasteiger partial charge in [0, 0.05) is 11.7 Å². The maximum Gasteiger partial charge on any atom is 0.242 e. The van der Waals surface area contributed by atoms with Gasteiger partial charge in [-0.25, -0.2) is 0 Å². The number of amides is 1. The number of hydrogen-bond acceptors (Lipinski definition) is 2. The van der Waals surface area contributed by atoms with Crippen molar-refractivity contribution < 1.29 is 4.79 Å². The minimum atomic E-state index is -0.226. The molecular weight excluding hydrogens is 248 g/mol. The Kier molecular flexibility index (Phi) is 6.56. The normalized spacial score (nSPS) is 12.6. The van der Waals surface area contributed by atoms with Crippen LogP contribution in [-0.2, 0) is 4.79 Å². The van der Waals surface area contributed by atoms with Crippen molar-refractivity contribution in [1.82, 2.24) is 5.32 Å². The lowest BCUT2D eigenvalue weighted by Crippen LogP contribution is -2.42. The summed E-state index contributed by atoms with van der Waals surface area (Å²) in [6, 6.07) is 8.23. The lowest BCUT2D eigenvalue weighted by atomic mass is 10.0. The first-order chi connectivity index (χ1) is 9.49. The fourth-order valence-electron chi connectivity index (χ4n) is 2.25. The molecule has 0 saturated carbocycles. The summed E-state index contributed by atoms with van der Waals surface area (Å²) in [6.07, 6.45) is 1.94. The van der Waals surface area contributed by atoms with Crippen LogP contribution in [-0.4, -0.2) is 18.0 Å². The number of carbonyl (C=O) groups excluding carboxylic acids is 1. The molecule has 0 radical (unpaired) electrons. The first kappa shape index (κ1) is 16.5. The van der Waals surface area contributed by atoms with Crippen LogP contribution in [0, 0.1) is 0 Å². The van der Waals surface area contributed by atoms with Gasteiger partial charge in [-0.15, -0.1) is 0 Å². The van der Waals surface area contributed by atoms with E-state index in [0.29, 0.717) is 5.92 Å². The highest BCUT2D eigenvalue weighted by Crippen LogP contribution is 2.24. The van der Waals surface area contributed by atoms with E-state index in [2.05, 4.69) is 44.4 Å². The predicted octanol–water partition coefficient (Wildman–Crippen LogP) is 3.92. The molecule has 0 heterocycles. The van der Waals surface area contributed by atoms with Gasteiger partial charge in [0.2, 0.25) is 5.91 Å². The van der Waals surface area contributed by atoms with E-state index in [-0.39, 0.29) is 18.0 Å². The molecule has 0 aromatic heterocycles. The molecule has 0 aliphatic carbocycles. The first-order valence-electron chi connectivity index (χ1n) is 7.65. The molecule has 20 heavy (non-hydrogen) atoms. The van der Waals surface area contributed by atoms with Crippen molar-refractivity contribution in [2.45, 2.75) is 65.5 Å². The van der Waals surface area contributed by atoms with Gasteiger partial charge in [-0.1, -0.05) is 45.9 Å². The van der Waals surface area contributed by atoms with Crippen molar-refractivity contribution in [1.29, 1.82) is 0 Å². The Hall–Kier alpha value is -1.51. The molecule has 0 fully saturated rings. The van der Waals surface area contributed by atoms with Crippen molar-refractivity contribution >= 4 is 11.6 Å². The minimum Gasteiger partial charge on any atom is -0.374 e. The third kappa shape index (κ3) is 4.55. The number of para-hydroxylation sites is 1. The topological polar surface area (TPSA) is 41.1 Å². The second kappa shape index (κ2) is 7.93. The molecule has 1 aromatic carbocycles. The second-order valence-electron chi connectivity index (χ2n) is 5.63. The van der Waals surface area contributed by atoms with Crippen LogP contribution >= 0.6 is 0 Å². The van der Waals surface area contributed by atoms with Gasteiger partial charge in [0.05, 0.1) is 0 Å². The van der Waals surface area contributed by atoms with Gasteiger partial charge in [0.15, 0.2) is 0 Å². The van der Waals surface area contributed by atoms with E-state index in [4.69, 9.17) is 0 Å². The van der Waals surface area contributed by atoms with E-state index in [1.165, 1.54) is 5.56 Å². The van der Waals surface area contributed by atoms with Crippen molar-refractivity contribution in [3.8, 4) is 0 Å². The molecule has 0 aliphatic rings. The number of anilines is 1. The van der Waals surface area contributed by atoms with Crippen molar-refractivity contribution in [2.24, 2.45) is 0 Å². The van der Waals surface area contributed by atoms with Gasteiger partial charge >= 0.3 is 0 Å². The summed E-state index contributed by atoms with van der Waals surface area (Å²) in [7, 11) is 0. The molecule has 1 rings (SSSR count). The Morgan fingerprint density at radius 1 is 1.10 bits per heavy atom. The van der Waals surface area contributed by atoms with Crippen molar-refractivity contribution in [3.63, 3.8) is 0 Å². The van der Waals surface area contributed by atoms with Gasteiger partial charge in [-0.05, 0) is 37.3 Å². The lowest BCUT2D eigenvalue weighted by molar-refractivity contribution is -0.122. The van der Waals surface area contributed by atoms with Crippen LogP contribution in [0.3, 0.4) is 0 Å². The molecule has 1 unspecified atom stereocenters. The minimum absolute atomic E-state index is 0.0669. The summed E-state index contributed by atoms with van der Waals surface area (Å²) >= 11 is 0. The average molecular weight is 276 g/mol. The molecule has 2 N–H and O–H groups in total. The zero-order valence-corrected chi connectivity index (χ0v) is 13.4. The van der Waals surface area contributed by atoms with Gasteiger partial charge in [0.1, 0.15) is 6.04 Å². The number of rotatable bonds is 7. The van der Waals surface area contributed by atoms with Crippen LogP contribution in [0.5, 0.6) is 0 Å². The monoisotopic (exact) mass is 276 g/mol. The third-order valence-electron chi connectivity index (χ3n) is 3.68. The molecule has 3 heteroatoms. The number of hydrogen-bond donors (Lipinski definition) is 2. The van der Waals surface area contributed by atoms with E-state index in [1.807, 2.05) is 25.1 Å². The molecular formula is C17H28N2O. The fraction of sp³-hybridized carbons (Fsp3) is 0.588. The highest BCUT2D eigenvalue weighted by molar-refractivity contribution is 5.84. The van der Waals surface area contributed by atoms with Crippen LogP contribution in [0.2, 0.25) is 0 Å². The van der Waals surface area contributed by atoms with Crippen LogP contribution in [0.15, 0.2) is 24.3 Å². The Balaban J connectivity index is 2.70. The van der Waals surface area contributed by atoms with Crippen LogP contribution in [0.25, 0.3) is 0 Å². The lowest BCUT2D eigenvalue weighted by Gasteiger charge is -2.22. The average Bonchev–Trinajstić information content (AvgIpc) is 2.44. The maximum absolute atomic E-state index is 12.2. The van der Waals surface area contributed by atoms with E-state index in [1.54, 1.807) is 0 Å². The van der Waals surface area contributed by atoms with Crippen molar-refractivity contribution in [2.75, 3.05) is 5.32 Å². The van der Waals surface area contributed by atoms with Crippen LogP contribution in [0.1, 0.15) is 58.9 Å². The molecule has 1 amide bonds. The standard InChI is InChI=1S/C17H28N2O/c1-6-14(7-2)19-17(20)13(5)18-16-11-9-8-10-15(16)12(3)4/h8-14,18H,6-7H2,1-5H3,(H,19,20). The molecule has 0 aliphatic heterocycles. The fourth-order valence-corrected chi connectivity index (χ4v) is 2.25. The van der Waals surface area contributed by atoms with Crippen molar-refractivity contribution in [3.05, 3.63) is 29.8 Å². The van der Waals surface area contributed by atoms with Gasteiger partial charge in [0.25, 0.3) is 0 Å². The van der Waals surface area contributed by atoms with E-state index in [9.17, 15) is 4.79 Å². The Bertz CT molecular complexity index is 425. The summed E-state index contributed by atoms with van der Waals surface area (Å²) in [6.45, 7) is 10.4. The molecule has 0 saturated heterocycles. The summed E-state index contributed by atoms with van der Waals surface area (Å²) in [5.74, 6) is 0.505. The molecule has 0 bridgehead atoms. The van der Waals surface area contributed by atoms with E-state index < -0.39 is 0 Å². The Morgan fingerprint density at radius 2 is 1.70 bits per heavy atom. The third-order valence-corrected chi connectivity index (χ3v) is 3.68. The Labute approximate surface area is 123 Å². The Morgan fingerprint density at radius 3 is 2.25 bits per heavy atom. The predicted molar refractivity (Wildman–Crippen MR) is 86.1 cm³/mol. The smallest absolute Gasteiger partial charge is 0.242 e. The summed E-state index contributed by atoms with van der Waals surface area (Å²) < 4.78 is 0. The first-order valence-corrected chi connectivity index (χ1v) is 7.65. The highest BCUT2D eigenvalue weighted by Gasteiger charge is 2.17. The molecule has 1 atom stereocenters. The largest absolute Gasteiger partial charge is 0.374 e. The number of nitrogens with one attached hydrogen (secondary N) is 2. The number of carbonyl (C=O) groups is 1. The summed E-state index contributed by atoms with van der Waals surface area (Å²) in [5.41, 5.74) is 2.30.